The molecule has 0 saturated carbocycles. The molecule has 0 aliphatic carbocycles. The van der Waals surface area contributed by atoms with Crippen molar-refractivity contribution in [2.45, 2.75) is 19.8 Å². The summed E-state index contributed by atoms with van der Waals surface area (Å²) < 4.78 is 0. The molecule has 3 aromatic rings. The summed E-state index contributed by atoms with van der Waals surface area (Å²) in [7, 11) is 2.14. The van der Waals surface area contributed by atoms with E-state index in [4.69, 9.17) is 0 Å². The molecule has 0 radical (unpaired) electrons. The second-order valence-electron chi connectivity index (χ2n) is 6.67. The highest BCUT2D eigenvalue weighted by molar-refractivity contribution is 5.99. The van der Waals surface area contributed by atoms with Gasteiger partial charge in [-0.2, -0.15) is 0 Å². The molecular weight excluding hydrogens is 318 g/mol. The Morgan fingerprint density at radius 3 is 1.77 bits per heavy atom. The molecule has 4 rings (SSSR count). The third-order valence-electron chi connectivity index (χ3n) is 4.96. The van der Waals surface area contributed by atoms with Crippen LogP contribution in [0.25, 0.3) is 0 Å². The highest BCUT2D eigenvalue weighted by Crippen LogP contribution is 2.51. The third-order valence-corrected chi connectivity index (χ3v) is 4.96. The maximum absolute atomic E-state index is 3.63. The number of nitrogens with zero attached hydrogens (tertiary/aromatic N) is 2. The highest BCUT2D eigenvalue weighted by Gasteiger charge is 2.27. The number of benzene rings is 3. The molecule has 0 unspecified atom stereocenters. The summed E-state index contributed by atoms with van der Waals surface area (Å²) in [6.45, 7) is 3.21. The fraction of sp³-hybridized carbons (Fsp3) is 0.217. The van der Waals surface area contributed by atoms with Gasteiger partial charge in [-0.25, -0.2) is 0 Å². The minimum atomic E-state index is 0.991. The van der Waals surface area contributed by atoms with Crippen LogP contribution in [0.4, 0.5) is 34.1 Å². The Hall–Kier alpha value is -2.94. The summed E-state index contributed by atoms with van der Waals surface area (Å²) in [5.74, 6) is 0. The topological polar surface area (TPSA) is 18.5 Å². The van der Waals surface area contributed by atoms with Crippen LogP contribution in [0.2, 0.25) is 0 Å². The molecule has 1 aliphatic rings. The number of anilines is 6. The van der Waals surface area contributed by atoms with Gasteiger partial charge >= 0.3 is 0 Å². The molecule has 0 bridgehead atoms. The van der Waals surface area contributed by atoms with Gasteiger partial charge in [0, 0.05) is 13.6 Å². The van der Waals surface area contributed by atoms with Crippen LogP contribution in [0.3, 0.4) is 0 Å². The molecule has 0 spiro atoms. The van der Waals surface area contributed by atoms with E-state index >= 15 is 0 Å². The lowest BCUT2D eigenvalue weighted by molar-refractivity contribution is 0.834. The molecular formula is C23H25N3. The van der Waals surface area contributed by atoms with Crippen molar-refractivity contribution in [1.82, 2.24) is 0 Å². The van der Waals surface area contributed by atoms with Crippen LogP contribution >= 0.6 is 0 Å². The average molecular weight is 343 g/mol. The van der Waals surface area contributed by atoms with Crippen molar-refractivity contribution in [3.63, 3.8) is 0 Å². The molecule has 0 atom stereocenters. The van der Waals surface area contributed by atoms with E-state index in [1.165, 1.54) is 47.0 Å². The molecule has 1 aliphatic heterocycles. The summed E-state index contributed by atoms with van der Waals surface area (Å²) >= 11 is 0. The maximum atomic E-state index is 3.63. The normalized spacial score (nSPS) is 12.5. The average Bonchev–Trinajstić information content (AvgIpc) is 2.69. The summed E-state index contributed by atoms with van der Waals surface area (Å²) in [6, 6.07) is 25.8. The van der Waals surface area contributed by atoms with Crippen molar-refractivity contribution < 1.29 is 0 Å². The zero-order valence-electron chi connectivity index (χ0n) is 15.4. The zero-order chi connectivity index (χ0) is 17.9. The molecule has 132 valence electrons. The fourth-order valence-corrected chi connectivity index (χ4v) is 3.61. The number of nitrogens with one attached hydrogen (secondary N) is 1. The number of hydrogen-bond acceptors (Lipinski definition) is 3. The van der Waals surface area contributed by atoms with Gasteiger partial charge in [-0.05, 0) is 42.8 Å². The molecule has 0 saturated heterocycles. The van der Waals surface area contributed by atoms with E-state index in [2.05, 4.69) is 102 Å². The lowest BCUT2D eigenvalue weighted by Gasteiger charge is -2.39. The first-order valence-electron chi connectivity index (χ1n) is 9.36. The van der Waals surface area contributed by atoms with Crippen molar-refractivity contribution in [2.75, 3.05) is 28.7 Å². The van der Waals surface area contributed by atoms with Gasteiger partial charge in [-0.15, -0.1) is 0 Å². The largest absolute Gasteiger partial charge is 0.383 e. The Kier molecular flexibility index (Phi) is 4.53. The standard InChI is InChI=1S/C23H25N3/c1-3-4-17-24-18-11-5-6-12-19(18)26-22-15-9-7-13-20(22)25(2)21-14-8-10-16-23(21)26/h5-16,24H,3-4,17H2,1-2H3. The molecule has 3 aromatic carbocycles. The number of fused-ring (bicyclic) bond motifs is 2. The van der Waals surface area contributed by atoms with Gasteiger partial charge in [-0.1, -0.05) is 49.7 Å². The third kappa shape index (κ3) is 2.80. The Bertz CT molecular complexity index is 856. The van der Waals surface area contributed by atoms with Crippen molar-refractivity contribution in [3.8, 4) is 0 Å². The molecule has 0 aromatic heterocycles. The zero-order valence-corrected chi connectivity index (χ0v) is 15.4. The van der Waals surface area contributed by atoms with E-state index in [-0.39, 0.29) is 0 Å². The van der Waals surface area contributed by atoms with Crippen LogP contribution in [0.5, 0.6) is 0 Å². The van der Waals surface area contributed by atoms with Crippen LogP contribution in [-0.4, -0.2) is 13.6 Å². The lowest BCUT2D eigenvalue weighted by Crippen LogP contribution is -2.24. The van der Waals surface area contributed by atoms with E-state index in [1.807, 2.05) is 0 Å². The Balaban J connectivity index is 1.86. The van der Waals surface area contributed by atoms with E-state index in [0.29, 0.717) is 0 Å². The first kappa shape index (κ1) is 16.5. The second kappa shape index (κ2) is 7.12. The first-order valence-corrected chi connectivity index (χ1v) is 9.36. The van der Waals surface area contributed by atoms with Crippen LogP contribution in [0.1, 0.15) is 19.8 Å². The highest BCUT2D eigenvalue weighted by atomic mass is 15.3. The molecule has 1 heterocycles. The number of rotatable bonds is 5. The summed E-state index contributed by atoms with van der Waals surface area (Å²) in [6.07, 6.45) is 2.36. The van der Waals surface area contributed by atoms with Gasteiger partial charge in [0.1, 0.15) is 0 Å². The molecule has 3 heteroatoms. The van der Waals surface area contributed by atoms with Crippen LogP contribution in [0.15, 0.2) is 72.8 Å². The second-order valence-corrected chi connectivity index (χ2v) is 6.67. The van der Waals surface area contributed by atoms with Crippen molar-refractivity contribution in [3.05, 3.63) is 72.8 Å². The van der Waals surface area contributed by atoms with Crippen LogP contribution in [-0.2, 0) is 0 Å². The van der Waals surface area contributed by atoms with E-state index in [0.717, 1.165) is 6.54 Å². The van der Waals surface area contributed by atoms with E-state index in [1.54, 1.807) is 0 Å². The van der Waals surface area contributed by atoms with E-state index < -0.39 is 0 Å². The molecule has 0 fully saturated rings. The monoisotopic (exact) mass is 343 g/mol. The van der Waals surface area contributed by atoms with Gasteiger partial charge in [0.05, 0.1) is 34.1 Å². The molecule has 3 nitrogen and oxygen atoms in total. The van der Waals surface area contributed by atoms with Gasteiger partial charge in [0.15, 0.2) is 0 Å². The predicted octanol–water partition coefficient (Wildman–Crippen LogP) is 6.45. The van der Waals surface area contributed by atoms with Gasteiger partial charge in [0.2, 0.25) is 0 Å². The molecule has 26 heavy (non-hydrogen) atoms. The van der Waals surface area contributed by atoms with Crippen molar-refractivity contribution in [2.24, 2.45) is 0 Å². The Morgan fingerprint density at radius 1 is 0.692 bits per heavy atom. The van der Waals surface area contributed by atoms with Gasteiger partial charge in [-0.3, -0.25) is 0 Å². The minimum absolute atomic E-state index is 0.991. The number of unbranched alkanes of at least 4 members (excludes halogenated alkanes) is 1. The molecule has 1 N–H and O–H groups in total. The van der Waals surface area contributed by atoms with Gasteiger partial charge in [0.25, 0.3) is 0 Å². The SMILES string of the molecule is CCCCNc1ccccc1N1c2ccccc2N(C)c2ccccc21. The van der Waals surface area contributed by atoms with Crippen LogP contribution < -0.4 is 15.1 Å². The van der Waals surface area contributed by atoms with Crippen molar-refractivity contribution >= 4 is 34.1 Å². The Morgan fingerprint density at radius 2 is 1.19 bits per heavy atom. The minimum Gasteiger partial charge on any atom is -0.383 e. The van der Waals surface area contributed by atoms with E-state index in [9.17, 15) is 0 Å². The lowest BCUT2D eigenvalue weighted by atomic mass is 10.1. The predicted molar refractivity (Wildman–Crippen MR) is 113 cm³/mol. The summed E-state index contributed by atoms with van der Waals surface area (Å²) in [5, 5.41) is 3.63. The van der Waals surface area contributed by atoms with Gasteiger partial charge < -0.3 is 15.1 Å². The number of hydrogen-bond donors (Lipinski definition) is 1. The smallest absolute Gasteiger partial charge is 0.0700 e. The summed E-state index contributed by atoms with van der Waals surface area (Å²) in [5.41, 5.74) is 7.22. The summed E-state index contributed by atoms with van der Waals surface area (Å²) in [4.78, 5) is 4.65. The fourth-order valence-electron chi connectivity index (χ4n) is 3.61. The maximum Gasteiger partial charge on any atom is 0.0700 e. The van der Waals surface area contributed by atoms with Crippen LogP contribution in [0, 0.1) is 0 Å². The first-order chi connectivity index (χ1) is 12.8. The quantitative estimate of drug-likeness (QED) is 0.537. The number of para-hydroxylation sites is 6. The molecule has 0 amide bonds. The van der Waals surface area contributed by atoms with Crippen molar-refractivity contribution in [1.29, 1.82) is 0 Å². The Labute approximate surface area is 155 Å².